The van der Waals surface area contributed by atoms with Gasteiger partial charge in [-0.2, -0.15) is 0 Å². The molecule has 0 aliphatic rings. The molecule has 0 amide bonds. The average Bonchev–Trinajstić information content (AvgIpc) is 1.98. The number of halogens is 1. The zero-order chi connectivity index (χ0) is 9.14. The highest BCUT2D eigenvalue weighted by Gasteiger charge is 2.04. The lowest BCUT2D eigenvalue weighted by Crippen LogP contribution is -2.01. The van der Waals surface area contributed by atoms with E-state index in [2.05, 4.69) is 22.6 Å². The smallest absolute Gasteiger partial charge is 0.134 e. The maximum Gasteiger partial charge on any atom is 0.134 e. The van der Waals surface area contributed by atoms with Crippen molar-refractivity contribution in [1.29, 1.82) is 0 Å². The van der Waals surface area contributed by atoms with Crippen LogP contribution in [0, 0.1) is 3.57 Å². The molecule has 0 unspecified atom stereocenters. The first-order valence-corrected chi connectivity index (χ1v) is 4.71. The number of carbonyl (C=O) groups excluding carboxylic acids is 1. The van der Waals surface area contributed by atoms with Crippen LogP contribution in [-0.2, 0) is 11.2 Å². The Bertz CT molecular complexity index is 309. The maximum atomic E-state index is 10.8. The second-order valence-corrected chi connectivity index (χ2v) is 3.78. The van der Waals surface area contributed by atoms with E-state index in [4.69, 9.17) is 5.73 Å². The Balaban J connectivity index is 3.00. The number of ketones is 1. The minimum Gasteiger partial charge on any atom is -0.398 e. The number of nitrogens with two attached hydrogens (primary N) is 1. The van der Waals surface area contributed by atoms with E-state index in [1.165, 1.54) is 0 Å². The van der Waals surface area contributed by atoms with Crippen LogP contribution in [0.25, 0.3) is 0 Å². The summed E-state index contributed by atoms with van der Waals surface area (Å²) < 4.78 is 0.991. The van der Waals surface area contributed by atoms with Crippen LogP contribution in [0.15, 0.2) is 18.2 Å². The molecule has 0 bridgehead atoms. The molecule has 64 valence electrons. The summed E-state index contributed by atoms with van der Waals surface area (Å²) in [4.78, 5) is 10.8. The van der Waals surface area contributed by atoms with Crippen LogP contribution in [0.2, 0.25) is 0 Å². The first-order valence-electron chi connectivity index (χ1n) is 3.63. The zero-order valence-electron chi connectivity index (χ0n) is 6.80. The third-order valence-electron chi connectivity index (χ3n) is 1.55. The molecule has 2 N–H and O–H groups in total. The SMILES string of the molecule is CC(=O)Cc1cccc(N)c1I. The Morgan fingerprint density at radius 2 is 2.25 bits per heavy atom. The molecule has 0 saturated heterocycles. The van der Waals surface area contributed by atoms with Gasteiger partial charge in [0.05, 0.1) is 0 Å². The van der Waals surface area contributed by atoms with Crippen LogP contribution in [-0.4, -0.2) is 5.78 Å². The molecule has 1 aromatic rings. The molecule has 3 heteroatoms. The van der Waals surface area contributed by atoms with Gasteiger partial charge in [0.2, 0.25) is 0 Å². The highest BCUT2D eigenvalue weighted by molar-refractivity contribution is 14.1. The van der Waals surface area contributed by atoms with Crippen molar-refractivity contribution < 1.29 is 4.79 Å². The third-order valence-corrected chi connectivity index (χ3v) is 2.86. The van der Waals surface area contributed by atoms with E-state index in [0.717, 1.165) is 14.8 Å². The van der Waals surface area contributed by atoms with E-state index in [0.29, 0.717) is 6.42 Å². The van der Waals surface area contributed by atoms with Gasteiger partial charge in [-0.3, -0.25) is 4.79 Å². The second kappa shape index (κ2) is 3.89. The summed E-state index contributed by atoms with van der Waals surface area (Å²) in [5.41, 5.74) is 7.44. The molecular formula is C9H10INO. The molecule has 0 aromatic heterocycles. The topological polar surface area (TPSA) is 43.1 Å². The molecular weight excluding hydrogens is 265 g/mol. The average molecular weight is 275 g/mol. The summed E-state index contributed by atoms with van der Waals surface area (Å²) in [5, 5.41) is 0. The van der Waals surface area contributed by atoms with E-state index in [-0.39, 0.29) is 5.78 Å². The van der Waals surface area contributed by atoms with Gasteiger partial charge >= 0.3 is 0 Å². The zero-order valence-corrected chi connectivity index (χ0v) is 8.96. The van der Waals surface area contributed by atoms with Gasteiger partial charge in [-0.25, -0.2) is 0 Å². The minimum absolute atomic E-state index is 0.165. The van der Waals surface area contributed by atoms with Crippen molar-refractivity contribution in [3.8, 4) is 0 Å². The number of hydrogen-bond acceptors (Lipinski definition) is 2. The van der Waals surface area contributed by atoms with Crippen LogP contribution < -0.4 is 5.73 Å². The molecule has 0 saturated carbocycles. The van der Waals surface area contributed by atoms with Crippen molar-refractivity contribution >= 4 is 34.1 Å². The molecule has 0 radical (unpaired) electrons. The third kappa shape index (κ3) is 2.20. The van der Waals surface area contributed by atoms with Crippen molar-refractivity contribution in [3.63, 3.8) is 0 Å². The van der Waals surface area contributed by atoms with Gasteiger partial charge in [0.15, 0.2) is 0 Å². The van der Waals surface area contributed by atoms with E-state index < -0.39 is 0 Å². The predicted molar refractivity (Wildman–Crippen MR) is 58.0 cm³/mol. The fraction of sp³-hybridized carbons (Fsp3) is 0.222. The molecule has 0 spiro atoms. The number of anilines is 1. The van der Waals surface area contributed by atoms with E-state index >= 15 is 0 Å². The Labute approximate surface area is 85.3 Å². The summed E-state index contributed by atoms with van der Waals surface area (Å²) in [6, 6.07) is 5.64. The van der Waals surface area contributed by atoms with Crippen molar-refractivity contribution in [2.75, 3.05) is 5.73 Å². The normalized spacial score (nSPS) is 9.83. The second-order valence-electron chi connectivity index (χ2n) is 2.70. The number of carbonyl (C=O) groups is 1. The fourth-order valence-corrected chi connectivity index (χ4v) is 1.55. The number of hydrogen-bond donors (Lipinski definition) is 1. The molecule has 0 fully saturated rings. The summed E-state index contributed by atoms with van der Waals surface area (Å²) in [6.07, 6.45) is 0.476. The largest absolute Gasteiger partial charge is 0.398 e. The van der Waals surface area contributed by atoms with Crippen LogP contribution in [0.4, 0.5) is 5.69 Å². The van der Waals surface area contributed by atoms with Gasteiger partial charge in [-0.1, -0.05) is 12.1 Å². The first kappa shape index (κ1) is 9.51. The van der Waals surface area contributed by atoms with E-state index in [1.807, 2.05) is 18.2 Å². The molecule has 12 heavy (non-hydrogen) atoms. The van der Waals surface area contributed by atoms with Gasteiger partial charge in [0.25, 0.3) is 0 Å². The summed E-state index contributed by atoms with van der Waals surface area (Å²) in [6.45, 7) is 1.58. The van der Waals surface area contributed by atoms with Gasteiger partial charge in [0, 0.05) is 15.7 Å². The van der Waals surface area contributed by atoms with E-state index in [9.17, 15) is 4.79 Å². The van der Waals surface area contributed by atoms with Crippen molar-refractivity contribution in [2.24, 2.45) is 0 Å². The van der Waals surface area contributed by atoms with Gasteiger partial charge in [-0.15, -0.1) is 0 Å². The minimum atomic E-state index is 0.165. The lowest BCUT2D eigenvalue weighted by Gasteiger charge is -2.03. The quantitative estimate of drug-likeness (QED) is 0.662. The summed E-state index contributed by atoms with van der Waals surface area (Å²) in [5.74, 6) is 0.165. The highest BCUT2D eigenvalue weighted by Crippen LogP contribution is 2.19. The Hall–Kier alpha value is -0.580. The molecule has 0 heterocycles. The maximum absolute atomic E-state index is 10.8. The fourth-order valence-electron chi connectivity index (χ4n) is 1.00. The Morgan fingerprint density at radius 1 is 1.58 bits per heavy atom. The van der Waals surface area contributed by atoms with Crippen LogP contribution in [0.5, 0.6) is 0 Å². The molecule has 0 aliphatic heterocycles. The number of Topliss-reactive ketones (excluding diaryl/α,β-unsaturated/α-hetero) is 1. The van der Waals surface area contributed by atoms with Crippen LogP contribution in [0.1, 0.15) is 12.5 Å². The van der Waals surface area contributed by atoms with Crippen LogP contribution >= 0.6 is 22.6 Å². The van der Waals surface area contributed by atoms with Crippen LogP contribution in [0.3, 0.4) is 0 Å². The Kier molecular flexibility index (Phi) is 3.08. The summed E-state index contributed by atoms with van der Waals surface area (Å²) >= 11 is 2.16. The van der Waals surface area contributed by atoms with Gasteiger partial charge < -0.3 is 5.73 Å². The van der Waals surface area contributed by atoms with E-state index in [1.54, 1.807) is 6.92 Å². The standard InChI is InChI=1S/C9H10INO/c1-6(12)5-7-3-2-4-8(11)9(7)10/h2-4H,5,11H2,1H3. The lowest BCUT2D eigenvalue weighted by atomic mass is 10.1. The summed E-state index contributed by atoms with van der Waals surface area (Å²) in [7, 11) is 0. The van der Waals surface area contributed by atoms with Crippen molar-refractivity contribution in [3.05, 3.63) is 27.3 Å². The van der Waals surface area contributed by atoms with Gasteiger partial charge in [0.1, 0.15) is 5.78 Å². The molecule has 2 nitrogen and oxygen atoms in total. The van der Waals surface area contributed by atoms with Crippen molar-refractivity contribution in [2.45, 2.75) is 13.3 Å². The highest BCUT2D eigenvalue weighted by atomic mass is 127. The molecule has 0 aliphatic carbocycles. The number of rotatable bonds is 2. The first-order chi connectivity index (χ1) is 5.61. The lowest BCUT2D eigenvalue weighted by molar-refractivity contribution is -0.116. The molecule has 1 rings (SSSR count). The monoisotopic (exact) mass is 275 g/mol. The number of nitrogen functional groups attached to an aromatic ring is 1. The molecule has 0 atom stereocenters. The van der Waals surface area contributed by atoms with Crippen molar-refractivity contribution in [1.82, 2.24) is 0 Å². The predicted octanol–water partition coefficient (Wildman–Crippen LogP) is 2.00. The molecule has 1 aromatic carbocycles. The number of benzene rings is 1. The van der Waals surface area contributed by atoms with Gasteiger partial charge in [-0.05, 0) is 41.1 Å². The Morgan fingerprint density at radius 3 is 2.83 bits per heavy atom.